The molecule has 2 aromatic rings. The largest absolute Gasteiger partial charge is 0.434 e. The van der Waals surface area contributed by atoms with Crippen LogP contribution < -0.4 is 10.1 Å². The Balaban J connectivity index is 2.03. The molecule has 0 radical (unpaired) electrons. The van der Waals surface area contributed by atoms with Crippen LogP contribution in [0.5, 0.6) is 5.75 Å². The second-order valence-electron chi connectivity index (χ2n) is 3.95. The van der Waals surface area contributed by atoms with Gasteiger partial charge in [0.15, 0.2) is 0 Å². The number of nitrogens with zero attached hydrogens (tertiary/aromatic N) is 2. The standard InChI is InChI=1S/C12H14F2N4O/c1-8(15-6-11-16-7-17-18-11)9-4-2-3-5-10(9)19-12(13)14/h2-5,7-8,12,15H,6H2,1H3,(H,16,17,18). The lowest BCUT2D eigenvalue weighted by Gasteiger charge is -2.17. The van der Waals surface area contributed by atoms with Crippen LogP contribution >= 0.6 is 0 Å². The first-order valence-electron chi connectivity index (χ1n) is 5.78. The van der Waals surface area contributed by atoms with Crippen molar-refractivity contribution in [3.05, 3.63) is 42.0 Å². The van der Waals surface area contributed by atoms with Gasteiger partial charge in [-0.1, -0.05) is 18.2 Å². The first-order valence-corrected chi connectivity index (χ1v) is 5.78. The smallest absolute Gasteiger partial charge is 0.387 e. The van der Waals surface area contributed by atoms with Crippen molar-refractivity contribution in [1.82, 2.24) is 20.5 Å². The van der Waals surface area contributed by atoms with E-state index in [4.69, 9.17) is 0 Å². The molecule has 0 saturated heterocycles. The summed E-state index contributed by atoms with van der Waals surface area (Å²) in [5.41, 5.74) is 0.669. The third kappa shape index (κ3) is 3.72. The molecule has 1 aromatic heterocycles. The molecule has 2 rings (SSSR count). The van der Waals surface area contributed by atoms with Gasteiger partial charge in [0.1, 0.15) is 17.9 Å². The number of nitrogens with one attached hydrogen (secondary N) is 2. The summed E-state index contributed by atoms with van der Waals surface area (Å²) in [6.07, 6.45) is 1.41. The van der Waals surface area contributed by atoms with Crippen molar-refractivity contribution < 1.29 is 13.5 Å². The first kappa shape index (κ1) is 13.4. The lowest BCUT2D eigenvalue weighted by atomic mass is 10.1. The lowest BCUT2D eigenvalue weighted by Crippen LogP contribution is -2.20. The highest BCUT2D eigenvalue weighted by Crippen LogP contribution is 2.26. The molecule has 1 unspecified atom stereocenters. The van der Waals surface area contributed by atoms with Gasteiger partial charge in [0, 0.05) is 11.6 Å². The van der Waals surface area contributed by atoms with Gasteiger partial charge >= 0.3 is 6.61 Å². The summed E-state index contributed by atoms with van der Waals surface area (Å²) in [6.45, 7) is -0.503. The zero-order valence-corrected chi connectivity index (χ0v) is 10.3. The Morgan fingerprint density at radius 2 is 2.16 bits per heavy atom. The first-order chi connectivity index (χ1) is 9.16. The summed E-state index contributed by atoms with van der Waals surface area (Å²) in [6, 6.07) is 6.55. The summed E-state index contributed by atoms with van der Waals surface area (Å²) in [4.78, 5) is 3.97. The van der Waals surface area contributed by atoms with E-state index in [1.165, 1.54) is 12.4 Å². The number of benzene rings is 1. The predicted molar refractivity (Wildman–Crippen MR) is 64.7 cm³/mol. The monoisotopic (exact) mass is 268 g/mol. The highest BCUT2D eigenvalue weighted by atomic mass is 19.3. The predicted octanol–water partition coefficient (Wildman–Crippen LogP) is 2.26. The fraction of sp³-hybridized carbons (Fsp3) is 0.333. The van der Waals surface area contributed by atoms with E-state index < -0.39 is 6.61 Å². The van der Waals surface area contributed by atoms with Crippen molar-refractivity contribution >= 4 is 0 Å². The van der Waals surface area contributed by atoms with Crippen LogP contribution in [0.1, 0.15) is 24.4 Å². The van der Waals surface area contributed by atoms with Crippen molar-refractivity contribution in [2.75, 3.05) is 0 Å². The number of aromatic amines is 1. The number of ether oxygens (including phenoxy) is 1. The molecule has 5 nitrogen and oxygen atoms in total. The van der Waals surface area contributed by atoms with E-state index in [0.717, 1.165) is 0 Å². The van der Waals surface area contributed by atoms with Crippen LogP contribution in [-0.4, -0.2) is 21.8 Å². The van der Waals surface area contributed by atoms with Crippen LogP contribution in [0.2, 0.25) is 0 Å². The van der Waals surface area contributed by atoms with Crippen LogP contribution in [0.4, 0.5) is 8.78 Å². The molecule has 0 aliphatic rings. The van der Waals surface area contributed by atoms with E-state index in [1.54, 1.807) is 18.2 Å². The normalized spacial score (nSPS) is 12.6. The van der Waals surface area contributed by atoms with E-state index in [2.05, 4.69) is 25.2 Å². The molecule has 0 fully saturated rings. The Morgan fingerprint density at radius 1 is 1.37 bits per heavy atom. The summed E-state index contributed by atoms with van der Waals surface area (Å²) in [5, 5.41) is 9.60. The summed E-state index contributed by atoms with van der Waals surface area (Å²) in [7, 11) is 0. The fourth-order valence-corrected chi connectivity index (χ4v) is 1.72. The van der Waals surface area contributed by atoms with Crippen molar-refractivity contribution in [3.8, 4) is 5.75 Å². The minimum atomic E-state index is -2.83. The molecule has 1 heterocycles. The number of H-pyrrole nitrogens is 1. The maximum Gasteiger partial charge on any atom is 0.387 e. The van der Waals surface area contributed by atoms with Gasteiger partial charge in [-0.05, 0) is 13.0 Å². The molecular formula is C12H14F2N4O. The molecule has 1 atom stereocenters. The van der Waals surface area contributed by atoms with E-state index in [1.807, 2.05) is 6.92 Å². The van der Waals surface area contributed by atoms with Gasteiger partial charge in [-0.2, -0.15) is 13.9 Å². The van der Waals surface area contributed by atoms with Gasteiger partial charge in [-0.25, -0.2) is 4.98 Å². The Morgan fingerprint density at radius 3 is 2.84 bits per heavy atom. The quantitative estimate of drug-likeness (QED) is 0.843. The Kier molecular flexibility index (Phi) is 4.40. The second-order valence-corrected chi connectivity index (χ2v) is 3.95. The Labute approximate surface area is 109 Å². The number of alkyl halides is 2. The molecule has 0 amide bonds. The third-order valence-electron chi connectivity index (χ3n) is 2.64. The van der Waals surface area contributed by atoms with Crippen LogP contribution in [0.25, 0.3) is 0 Å². The Hall–Kier alpha value is -2.02. The summed E-state index contributed by atoms with van der Waals surface area (Å²) >= 11 is 0. The minimum absolute atomic E-state index is 0.153. The van der Waals surface area contributed by atoms with Crippen molar-refractivity contribution in [1.29, 1.82) is 0 Å². The molecule has 7 heteroatoms. The van der Waals surface area contributed by atoms with E-state index in [9.17, 15) is 8.78 Å². The zero-order chi connectivity index (χ0) is 13.7. The van der Waals surface area contributed by atoms with Crippen molar-refractivity contribution in [2.45, 2.75) is 26.1 Å². The Bertz CT molecular complexity index is 504. The topological polar surface area (TPSA) is 62.8 Å². The van der Waals surface area contributed by atoms with Gasteiger partial charge in [0.05, 0.1) is 6.54 Å². The number of rotatable bonds is 6. The third-order valence-corrected chi connectivity index (χ3v) is 2.64. The highest BCUT2D eigenvalue weighted by Gasteiger charge is 2.14. The van der Waals surface area contributed by atoms with Crippen LogP contribution in [0.15, 0.2) is 30.6 Å². The molecule has 0 saturated carbocycles. The van der Waals surface area contributed by atoms with Crippen molar-refractivity contribution in [3.63, 3.8) is 0 Å². The highest BCUT2D eigenvalue weighted by molar-refractivity contribution is 5.35. The number of halogens is 2. The zero-order valence-electron chi connectivity index (χ0n) is 10.3. The number of para-hydroxylation sites is 1. The van der Waals surface area contributed by atoms with Gasteiger partial charge in [-0.15, -0.1) is 0 Å². The average Bonchev–Trinajstić information content (AvgIpc) is 2.89. The maximum atomic E-state index is 12.3. The van der Waals surface area contributed by atoms with E-state index in [0.29, 0.717) is 17.9 Å². The summed E-state index contributed by atoms with van der Waals surface area (Å²) < 4.78 is 29.1. The van der Waals surface area contributed by atoms with E-state index in [-0.39, 0.29) is 11.8 Å². The molecule has 0 spiro atoms. The number of aromatic nitrogens is 3. The van der Waals surface area contributed by atoms with Gasteiger partial charge in [0.25, 0.3) is 0 Å². The molecule has 0 bridgehead atoms. The molecule has 1 aromatic carbocycles. The minimum Gasteiger partial charge on any atom is -0.434 e. The summed E-state index contributed by atoms with van der Waals surface area (Å²) in [5.74, 6) is 0.856. The van der Waals surface area contributed by atoms with Gasteiger partial charge in [-0.3, -0.25) is 5.10 Å². The molecule has 0 aliphatic carbocycles. The van der Waals surface area contributed by atoms with Gasteiger partial charge < -0.3 is 10.1 Å². The SMILES string of the molecule is CC(NCc1ncn[nH]1)c1ccccc1OC(F)F. The maximum absolute atomic E-state index is 12.3. The molecular weight excluding hydrogens is 254 g/mol. The molecule has 2 N–H and O–H groups in total. The second kappa shape index (κ2) is 6.24. The van der Waals surface area contributed by atoms with Crippen LogP contribution in [-0.2, 0) is 6.54 Å². The van der Waals surface area contributed by atoms with Crippen molar-refractivity contribution in [2.24, 2.45) is 0 Å². The molecule has 0 aliphatic heterocycles. The van der Waals surface area contributed by atoms with E-state index >= 15 is 0 Å². The fourth-order valence-electron chi connectivity index (χ4n) is 1.72. The number of hydrogen-bond donors (Lipinski definition) is 2. The number of hydrogen-bond acceptors (Lipinski definition) is 4. The lowest BCUT2D eigenvalue weighted by molar-refractivity contribution is -0.0506. The van der Waals surface area contributed by atoms with Crippen LogP contribution in [0.3, 0.4) is 0 Å². The van der Waals surface area contributed by atoms with Crippen LogP contribution in [0, 0.1) is 0 Å². The molecule has 19 heavy (non-hydrogen) atoms. The average molecular weight is 268 g/mol. The van der Waals surface area contributed by atoms with Gasteiger partial charge in [0.2, 0.25) is 0 Å². The molecule has 102 valence electrons.